The summed E-state index contributed by atoms with van der Waals surface area (Å²) in [7, 11) is 0.760. The molecule has 0 saturated heterocycles. The first-order valence-electron chi connectivity index (χ1n) is 8.63. The molecule has 0 spiro atoms. The maximum atomic E-state index is 12.5. The number of hydrogen-bond acceptors (Lipinski definition) is 6. The molecular weight excluding hydrogens is 388 g/mol. The average Bonchev–Trinajstić information content (AvgIpc) is 2.89. The summed E-state index contributed by atoms with van der Waals surface area (Å²) < 4.78 is 31.4. The van der Waals surface area contributed by atoms with Gasteiger partial charge in [-0.1, -0.05) is 0 Å². The summed E-state index contributed by atoms with van der Waals surface area (Å²) >= 11 is 0. The van der Waals surface area contributed by atoms with Crippen LogP contribution in [-0.2, 0) is 14.9 Å². The number of rotatable bonds is 10. The van der Waals surface area contributed by atoms with Gasteiger partial charge in [-0.3, -0.25) is 19.3 Å². The number of imide groups is 1. The Hall–Kier alpha value is -2.34. The summed E-state index contributed by atoms with van der Waals surface area (Å²) in [5.41, 5.74) is 0.662. The number of amides is 3. The van der Waals surface area contributed by atoms with Crippen LogP contribution in [0.4, 0.5) is 0 Å². The van der Waals surface area contributed by atoms with Crippen LogP contribution in [0, 0.1) is 0 Å². The highest BCUT2D eigenvalue weighted by molar-refractivity contribution is 7.87. The summed E-state index contributed by atoms with van der Waals surface area (Å²) in [5, 5.41) is 2.57. The van der Waals surface area contributed by atoms with Crippen LogP contribution in [-0.4, -0.2) is 82.8 Å². The predicted molar refractivity (Wildman–Crippen MR) is 101 cm³/mol. The van der Waals surface area contributed by atoms with E-state index in [0.717, 1.165) is 9.21 Å². The maximum Gasteiger partial charge on any atom is 0.278 e. The van der Waals surface area contributed by atoms with Gasteiger partial charge in [0.05, 0.1) is 11.1 Å². The molecule has 1 aliphatic heterocycles. The van der Waals surface area contributed by atoms with Crippen LogP contribution < -0.4 is 10.0 Å². The van der Waals surface area contributed by atoms with Crippen LogP contribution >= 0.6 is 0 Å². The molecule has 1 heterocycles. The number of carbonyl (C=O) groups excluding carboxylic acids is 3. The Morgan fingerprint density at radius 2 is 1.82 bits per heavy atom. The van der Waals surface area contributed by atoms with E-state index in [0.29, 0.717) is 13.0 Å². The van der Waals surface area contributed by atoms with Crippen molar-refractivity contribution in [2.75, 3.05) is 47.4 Å². The zero-order valence-corrected chi connectivity index (χ0v) is 16.8. The van der Waals surface area contributed by atoms with Gasteiger partial charge in [0.25, 0.3) is 27.9 Å². The number of nitrogens with one attached hydrogen (secondary N) is 2. The first-order chi connectivity index (χ1) is 13.2. The van der Waals surface area contributed by atoms with E-state index in [1.165, 1.54) is 32.3 Å². The topological polar surface area (TPSA) is 125 Å². The normalized spacial score (nSPS) is 13.9. The zero-order chi connectivity index (χ0) is 20.9. The molecule has 2 rings (SSSR count). The smallest absolute Gasteiger partial charge is 0.278 e. The fourth-order valence-electron chi connectivity index (χ4n) is 2.59. The zero-order valence-electron chi connectivity index (χ0n) is 16.0. The van der Waals surface area contributed by atoms with E-state index < -0.39 is 22.0 Å². The van der Waals surface area contributed by atoms with Crippen molar-refractivity contribution in [2.24, 2.45) is 0 Å². The number of nitrogens with zero attached hydrogens (tertiary/aromatic N) is 2. The van der Waals surface area contributed by atoms with Crippen molar-refractivity contribution in [3.05, 3.63) is 34.9 Å². The Labute approximate surface area is 164 Å². The molecule has 3 amide bonds. The van der Waals surface area contributed by atoms with Crippen molar-refractivity contribution in [3.63, 3.8) is 0 Å². The summed E-state index contributed by atoms with van der Waals surface area (Å²) in [6.07, 6.45) is 0.526. The number of fused-ring (bicyclic) bond motifs is 1. The minimum Gasteiger partial charge on any atom is -0.385 e. The molecule has 0 aromatic heterocycles. The van der Waals surface area contributed by atoms with E-state index in [4.69, 9.17) is 4.74 Å². The highest BCUT2D eigenvalue weighted by Crippen LogP contribution is 2.24. The lowest BCUT2D eigenvalue weighted by atomic mass is 10.1. The van der Waals surface area contributed by atoms with Gasteiger partial charge in [-0.2, -0.15) is 12.7 Å². The summed E-state index contributed by atoms with van der Waals surface area (Å²) in [5.74, 6) is -1.30. The molecular formula is C17H24N4O6S. The fourth-order valence-corrected chi connectivity index (χ4v) is 3.21. The van der Waals surface area contributed by atoms with Crippen molar-refractivity contribution in [1.29, 1.82) is 0 Å². The van der Waals surface area contributed by atoms with Gasteiger partial charge in [-0.15, -0.1) is 0 Å². The monoisotopic (exact) mass is 412 g/mol. The van der Waals surface area contributed by atoms with Crippen LogP contribution in [0.15, 0.2) is 18.2 Å². The molecule has 0 atom stereocenters. The first kappa shape index (κ1) is 22.0. The van der Waals surface area contributed by atoms with Crippen LogP contribution in [0.5, 0.6) is 0 Å². The van der Waals surface area contributed by atoms with E-state index in [2.05, 4.69) is 10.0 Å². The quantitative estimate of drug-likeness (QED) is 0.392. The van der Waals surface area contributed by atoms with E-state index in [1.807, 2.05) is 0 Å². The number of benzene rings is 1. The molecule has 0 radical (unpaired) electrons. The third-order valence-corrected chi connectivity index (χ3v) is 5.67. The molecule has 1 aliphatic rings. The van der Waals surface area contributed by atoms with Crippen molar-refractivity contribution >= 4 is 27.9 Å². The van der Waals surface area contributed by atoms with Gasteiger partial charge < -0.3 is 10.1 Å². The number of carbonyl (C=O) groups is 3. The van der Waals surface area contributed by atoms with Crippen LogP contribution in [0.3, 0.4) is 0 Å². The second-order valence-electron chi connectivity index (χ2n) is 6.31. The highest BCUT2D eigenvalue weighted by Gasteiger charge is 2.35. The van der Waals surface area contributed by atoms with Crippen molar-refractivity contribution < 1.29 is 27.5 Å². The standard InChI is InChI=1S/C17H24N4O6S/c1-20(2)28(25,26)19-8-7-18-15(22)12-5-6-13-14(11-12)17(24)21(16(13)23)9-4-10-27-3/h5-6,11,19H,4,7-10H2,1-3H3,(H,18,22). The van der Waals surface area contributed by atoms with Gasteiger partial charge in [-0.05, 0) is 24.6 Å². The minimum absolute atomic E-state index is 0.0158. The molecule has 1 aromatic carbocycles. The van der Waals surface area contributed by atoms with Gasteiger partial charge in [0.2, 0.25) is 0 Å². The Kier molecular flexibility index (Phi) is 7.24. The molecule has 1 aromatic rings. The van der Waals surface area contributed by atoms with Gasteiger partial charge >= 0.3 is 0 Å². The molecule has 11 heteroatoms. The van der Waals surface area contributed by atoms with E-state index in [1.54, 1.807) is 7.11 Å². The molecule has 154 valence electrons. The minimum atomic E-state index is -3.56. The lowest BCUT2D eigenvalue weighted by Crippen LogP contribution is -2.40. The van der Waals surface area contributed by atoms with Crippen LogP contribution in [0.25, 0.3) is 0 Å². The van der Waals surface area contributed by atoms with Crippen molar-refractivity contribution in [2.45, 2.75) is 6.42 Å². The third-order valence-electron chi connectivity index (χ3n) is 4.14. The molecule has 2 N–H and O–H groups in total. The average molecular weight is 412 g/mol. The Morgan fingerprint density at radius 1 is 1.14 bits per heavy atom. The van der Waals surface area contributed by atoms with Crippen molar-refractivity contribution in [1.82, 2.24) is 19.2 Å². The molecule has 10 nitrogen and oxygen atoms in total. The van der Waals surface area contributed by atoms with Crippen LogP contribution in [0.1, 0.15) is 37.5 Å². The highest BCUT2D eigenvalue weighted by atomic mass is 32.2. The molecule has 0 aliphatic carbocycles. The lowest BCUT2D eigenvalue weighted by Gasteiger charge is -2.13. The Bertz CT molecular complexity index is 868. The van der Waals surface area contributed by atoms with Gasteiger partial charge in [0.15, 0.2) is 0 Å². The number of ether oxygens (including phenoxy) is 1. The lowest BCUT2D eigenvalue weighted by molar-refractivity contribution is 0.0638. The SMILES string of the molecule is COCCCN1C(=O)c2ccc(C(=O)NCCNS(=O)(=O)N(C)C)cc2C1=O. The number of hydrogen-bond donors (Lipinski definition) is 2. The third kappa shape index (κ3) is 4.93. The molecule has 0 fully saturated rings. The second-order valence-corrected chi connectivity index (χ2v) is 8.28. The molecule has 0 saturated carbocycles. The van der Waals surface area contributed by atoms with Gasteiger partial charge in [0.1, 0.15) is 0 Å². The maximum absolute atomic E-state index is 12.5. The van der Waals surface area contributed by atoms with Crippen LogP contribution in [0.2, 0.25) is 0 Å². The summed E-state index contributed by atoms with van der Waals surface area (Å²) in [4.78, 5) is 38.2. The molecule has 0 bridgehead atoms. The van der Waals surface area contributed by atoms with E-state index in [9.17, 15) is 22.8 Å². The Morgan fingerprint density at radius 3 is 2.46 bits per heavy atom. The molecule has 28 heavy (non-hydrogen) atoms. The summed E-state index contributed by atoms with van der Waals surface area (Å²) in [6, 6.07) is 4.29. The first-order valence-corrected chi connectivity index (χ1v) is 10.1. The van der Waals surface area contributed by atoms with Gasteiger partial charge in [0, 0.05) is 53.0 Å². The molecule has 0 unspecified atom stereocenters. The summed E-state index contributed by atoms with van der Waals surface area (Å²) in [6.45, 7) is 0.757. The second kappa shape index (κ2) is 9.24. The largest absolute Gasteiger partial charge is 0.385 e. The van der Waals surface area contributed by atoms with Gasteiger partial charge in [-0.25, -0.2) is 4.72 Å². The fraction of sp³-hybridized carbons (Fsp3) is 0.471. The number of methoxy groups -OCH3 is 1. The van der Waals surface area contributed by atoms with Crippen molar-refractivity contribution in [3.8, 4) is 0 Å². The van der Waals surface area contributed by atoms with E-state index in [-0.39, 0.29) is 42.2 Å². The predicted octanol–water partition coefficient (Wildman–Crippen LogP) is -0.555. The van der Waals surface area contributed by atoms with E-state index >= 15 is 0 Å². The Balaban J connectivity index is 1.98.